The fraction of sp³-hybridized carbons (Fsp3) is 0.429. The van der Waals surface area contributed by atoms with Gasteiger partial charge < -0.3 is 14.7 Å². The Morgan fingerprint density at radius 3 is 2.26 bits per heavy atom. The molecule has 0 aromatic heterocycles. The van der Waals surface area contributed by atoms with Crippen LogP contribution in [0.5, 0.6) is 0 Å². The molecule has 1 N–H and O–H groups in total. The number of aryl methyl sites for hydroxylation is 1. The Hall–Kier alpha value is -2.96. The molecule has 0 saturated carbocycles. The number of morpholine rings is 1. The average molecular weight is 463 g/mol. The van der Waals surface area contributed by atoms with Crippen LogP contribution in [0.15, 0.2) is 54.1 Å². The van der Waals surface area contributed by atoms with Crippen LogP contribution in [0.25, 0.3) is 5.76 Å². The first-order valence-corrected chi connectivity index (χ1v) is 12.1. The molecule has 2 saturated heterocycles. The minimum absolute atomic E-state index is 0.119. The smallest absolute Gasteiger partial charge is 0.295 e. The van der Waals surface area contributed by atoms with Crippen LogP contribution in [0.2, 0.25) is 0 Å². The van der Waals surface area contributed by atoms with Gasteiger partial charge in [0.2, 0.25) is 0 Å². The van der Waals surface area contributed by atoms with Crippen molar-refractivity contribution in [3.8, 4) is 0 Å². The van der Waals surface area contributed by atoms with Crippen molar-refractivity contribution in [3.63, 3.8) is 0 Å². The summed E-state index contributed by atoms with van der Waals surface area (Å²) in [6.45, 7) is 10.7. The van der Waals surface area contributed by atoms with Gasteiger partial charge in [-0.3, -0.25) is 14.5 Å². The van der Waals surface area contributed by atoms with Gasteiger partial charge in [-0.15, -0.1) is 0 Å². The Kier molecular flexibility index (Phi) is 7.49. The topological polar surface area (TPSA) is 70.1 Å². The second kappa shape index (κ2) is 10.5. The maximum Gasteiger partial charge on any atom is 0.295 e. The zero-order chi connectivity index (χ0) is 24.2. The minimum Gasteiger partial charge on any atom is -0.507 e. The number of benzene rings is 2. The molecule has 0 aliphatic carbocycles. The van der Waals surface area contributed by atoms with E-state index in [1.54, 1.807) is 17.0 Å². The number of ketones is 1. The summed E-state index contributed by atoms with van der Waals surface area (Å²) in [5, 5.41) is 11.2. The van der Waals surface area contributed by atoms with E-state index in [2.05, 4.69) is 18.7 Å². The van der Waals surface area contributed by atoms with Gasteiger partial charge in [-0.25, -0.2) is 0 Å². The fourth-order valence-corrected chi connectivity index (χ4v) is 4.68. The van der Waals surface area contributed by atoms with Gasteiger partial charge in [0.1, 0.15) is 5.76 Å². The molecule has 0 spiro atoms. The second-order valence-corrected chi connectivity index (χ2v) is 9.49. The Morgan fingerprint density at radius 2 is 1.65 bits per heavy atom. The van der Waals surface area contributed by atoms with Crippen LogP contribution >= 0.6 is 0 Å². The van der Waals surface area contributed by atoms with E-state index >= 15 is 0 Å². The van der Waals surface area contributed by atoms with Gasteiger partial charge >= 0.3 is 0 Å². The maximum absolute atomic E-state index is 13.2. The first-order valence-electron chi connectivity index (χ1n) is 12.1. The first-order chi connectivity index (χ1) is 16.4. The molecule has 2 fully saturated rings. The van der Waals surface area contributed by atoms with Gasteiger partial charge in [-0.05, 0) is 30.4 Å². The zero-order valence-corrected chi connectivity index (χ0v) is 20.3. The van der Waals surface area contributed by atoms with Crippen molar-refractivity contribution in [2.45, 2.75) is 39.2 Å². The zero-order valence-electron chi connectivity index (χ0n) is 20.3. The number of likely N-dealkylation sites (tertiary alicyclic amines) is 1. The highest BCUT2D eigenvalue weighted by Gasteiger charge is 2.45. The van der Waals surface area contributed by atoms with E-state index in [0.717, 1.165) is 50.4 Å². The predicted octanol–water partition coefficient (Wildman–Crippen LogP) is 4.26. The van der Waals surface area contributed by atoms with E-state index in [0.29, 0.717) is 18.0 Å². The van der Waals surface area contributed by atoms with E-state index in [1.165, 1.54) is 5.56 Å². The largest absolute Gasteiger partial charge is 0.507 e. The maximum atomic E-state index is 13.2. The summed E-state index contributed by atoms with van der Waals surface area (Å²) < 4.78 is 5.42. The van der Waals surface area contributed by atoms with E-state index < -0.39 is 17.7 Å². The molecule has 1 unspecified atom stereocenters. The van der Waals surface area contributed by atoms with Gasteiger partial charge in [0, 0.05) is 31.7 Å². The second-order valence-electron chi connectivity index (χ2n) is 9.49. The first kappa shape index (κ1) is 24.2. The lowest BCUT2D eigenvalue weighted by atomic mass is 9.93. The molecule has 4 rings (SSSR count). The number of hydrogen-bond donors (Lipinski definition) is 1. The number of hydrogen-bond acceptors (Lipinski definition) is 5. The molecule has 2 aromatic carbocycles. The third-order valence-corrected chi connectivity index (χ3v) is 6.76. The molecule has 2 aliphatic heterocycles. The molecule has 2 aromatic rings. The van der Waals surface area contributed by atoms with Crippen LogP contribution in [-0.2, 0) is 14.3 Å². The van der Waals surface area contributed by atoms with Crippen LogP contribution in [-0.4, -0.2) is 66.0 Å². The number of carbonyl (C=O) groups is 2. The fourth-order valence-electron chi connectivity index (χ4n) is 4.68. The third-order valence-electron chi connectivity index (χ3n) is 6.76. The molecule has 0 radical (unpaired) electrons. The number of aliphatic hydroxyl groups excluding tert-OH is 1. The molecule has 1 amide bonds. The van der Waals surface area contributed by atoms with Crippen molar-refractivity contribution in [1.29, 1.82) is 0 Å². The van der Waals surface area contributed by atoms with E-state index in [-0.39, 0.29) is 11.3 Å². The van der Waals surface area contributed by atoms with Crippen molar-refractivity contribution < 1.29 is 19.4 Å². The lowest BCUT2D eigenvalue weighted by Gasteiger charge is -2.29. The van der Waals surface area contributed by atoms with Crippen molar-refractivity contribution in [3.05, 3.63) is 76.4 Å². The summed E-state index contributed by atoms with van der Waals surface area (Å²) in [6, 6.07) is 14.8. The van der Waals surface area contributed by atoms with Crippen molar-refractivity contribution >= 4 is 17.4 Å². The molecule has 0 bridgehead atoms. The lowest BCUT2D eigenvalue weighted by molar-refractivity contribution is -0.140. The molecular weight excluding hydrogens is 428 g/mol. The molecule has 2 aliphatic rings. The van der Waals surface area contributed by atoms with Crippen LogP contribution in [0, 0.1) is 6.92 Å². The highest BCUT2D eigenvalue weighted by atomic mass is 16.5. The summed E-state index contributed by atoms with van der Waals surface area (Å²) in [5.74, 6) is -0.913. The lowest BCUT2D eigenvalue weighted by Crippen LogP contribution is -2.38. The normalized spacial score (nSPS) is 20.9. The highest BCUT2D eigenvalue weighted by molar-refractivity contribution is 6.46. The monoisotopic (exact) mass is 462 g/mol. The molecular formula is C28H34N2O4. The van der Waals surface area contributed by atoms with E-state index in [1.807, 2.05) is 43.3 Å². The minimum atomic E-state index is -0.623. The number of aliphatic hydroxyl groups is 1. The van der Waals surface area contributed by atoms with Crippen LogP contribution in [0.4, 0.5) is 0 Å². The molecule has 2 heterocycles. The third kappa shape index (κ3) is 5.08. The van der Waals surface area contributed by atoms with Gasteiger partial charge in [0.25, 0.3) is 11.7 Å². The van der Waals surface area contributed by atoms with E-state index in [4.69, 9.17) is 4.74 Å². The SMILES string of the molecule is Cc1ccc(C(O)=C2C(=O)C(=O)N(CCCN3CCOCC3)C2c2ccc(C(C)C)cc2)cc1. The summed E-state index contributed by atoms with van der Waals surface area (Å²) in [5.41, 5.74) is 3.79. The Balaban J connectivity index is 1.67. The van der Waals surface area contributed by atoms with E-state index in [9.17, 15) is 14.7 Å². The van der Waals surface area contributed by atoms with Crippen LogP contribution in [0.1, 0.15) is 54.5 Å². The Bertz CT molecular complexity index is 1050. The number of nitrogens with zero attached hydrogens (tertiary/aromatic N) is 2. The molecule has 6 nitrogen and oxygen atoms in total. The summed E-state index contributed by atoms with van der Waals surface area (Å²) in [6.07, 6.45) is 0.748. The summed E-state index contributed by atoms with van der Waals surface area (Å²) >= 11 is 0. The average Bonchev–Trinajstić information content (AvgIpc) is 3.10. The van der Waals surface area contributed by atoms with Crippen molar-refractivity contribution in [2.24, 2.45) is 0 Å². The standard InChI is InChI=1S/C28H34N2O4/c1-19(2)21-9-11-22(12-10-21)25-24(26(31)23-7-5-20(3)6-8-23)27(32)28(33)30(25)14-4-13-29-15-17-34-18-16-29/h5-12,19,25,31H,4,13-18H2,1-3H3. The Labute approximate surface area is 201 Å². The molecule has 1 atom stereocenters. The highest BCUT2D eigenvalue weighted by Crippen LogP contribution is 2.39. The number of Topliss-reactive ketones (excluding diaryl/α,β-unsaturated/α-hetero) is 1. The summed E-state index contributed by atoms with van der Waals surface area (Å²) in [7, 11) is 0. The number of amides is 1. The Morgan fingerprint density at radius 1 is 1.00 bits per heavy atom. The quantitative estimate of drug-likeness (QED) is 0.378. The molecule has 180 valence electrons. The predicted molar refractivity (Wildman–Crippen MR) is 133 cm³/mol. The molecule has 34 heavy (non-hydrogen) atoms. The van der Waals surface area contributed by atoms with Gasteiger partial charge in [0.15, 0.2) is 0 Å². The van der Waals surface area contributed by atoms with Gasteiger partial charge in [-0.2, -0.15) is 0 Å². The number of ether oxygens (including phenoxy) is 1. The van der Waals surface area contributed by atoms with Gasteiger partial charge in [0.05, 0.1) is 24.8 Å². The van der Waals surface area contributed by atoms with Crippen molar-refractivity contribution in [1.82, 2.24) is 9.80 Å². The van der Waals surface area contributed by atoms with Crippen LogP contribution < -0.4 is 0 Å². The number of carbonyl (C=O) groups excluding carboxylic acids is 2. The molecule has 6 heteroatoms. The van der Waals surface area contributed by atoms with Crippen LogP contribution in [0.3, 0.4) is 0 Å². The number of rotatable bonds is 7. The summed E-state index contributed by atoms with van der Waals surface area (Å²) in [4.78, 5) is 30.3. The van der Waals surface area contributed by atoms with Crippen molar-refractivity contribution in [2.75, 3.05) is 39.4 Å². The van der Waals surface area contributed by atoms with Gasteiger partial charge in [-0.1, -0.05) is 67.9 Å².